The number of rotatable bonds is 6. The van der Waals surface area contributed by atoms with Gasteiger partial charge in [0.2, 0.25) is 0 Å². The molecule has 0 heterocycles. The molecule has 0 spiro atoms. The SMILES string of the molecule is O=C(COc1ccc2ccccc2c1)Nc1cccc(SC(F)F)c1. The average Bonchev–Trinajstić information content (AvgIpc) is 2.59. The van der Waals surface area contributed by atoms with Gasteiger partial charge in [-0.2, -0.15) is 8.78 Å². The van der Waals surface area contributed by atoms with Crippen molar-refractivity contribution in [2.24, 2.45) is 0 Å². The molecule has 6 heteroatoms. The van der Waals surface area contributed by atoms with Crippen LogP contribution >= 0.6 is 11.8 Å². The molecule has 0 saturated heterocycles. The van der Waals surface area contributed by atoms with Crippen molar-refractivity contribution in [3.05, 3.63) is 66.7 Å². The Hall–Kier alpha value is -2.60. The quantitative estimate of drug-likeness (QED) is 0.617. The van der Waals surface area contributed by atoms with Gasteiger partial charge < -0.3 is 10.1 Å². The molecule has 0 fully saturated rings. The maximum absolute atomic E-state index is 12.4. The van der Waals surface area contributed by atoms with E-state index >= 15 is 0 Å². The van der Waals surface area contributed by atoms with Crippen molar-refractivity contribution in [1.82, 2.24) is 0 Å². The second-order valence-electron chi connectivity index (χ2n) is 5.25. The fourth-order valence-corrected chi connectivity index (χ4v) is 2.91. The first-order valence-corrected chi connectivity index (χ1v) is 8.44. The van der Waals surface area contributed by atoms with E-state index in [0.717, 1.165) is 10.8 Å². The zero-order valence-corrected chi connectivity index (χ0v) is 13.9. The lowest BCUT2D eigenvalue weighted by Crippen LogP contribution is -2.20. The normalized spacial score (nSPS) is 10.8. The number of halogens is 2. The van der Waals surface area contributed by atoms with Gasteiger partial charge in [-0.3, -0.25) is 4.79 Å². The molecule has 0 radical (unpaired) electrons. The molecule has 3 aromatic rings. The Labute approximate surface area is 148 Å². The van der Waals surface area contributed by atoms with Crippen molar-refractivity contribution in [3.63, 3.8) is 0 Å². The number of carbonyl (C=O) groups excluding carboxylic acids is 1. The Morgan fingerprint density at radius 3 is 2.60 bits per heavy atom. The van der Waals surface area contributed by atoms with Gasteiger partial charge in [0.05, 0.1) is 0 Å². The standard InChI is InChI=1S/C19H15F2NO2S/c20-19(21)25-17-7-3-6-15(11-17)22-18(23)12-24-16-9-8-13-4-1-2-5-14(13)10-16/h1-11,19H,12H2,(H,22,23). The van der Waals surface area contributed by atoms with Crippen molar-refractivity contribution in [2.75, 3.05) is 11.9 Å². The number of hydrogen-bond acceptors (Lipinski definition) is 3. The minimum atomic E-state index is -2.50. The van der Waals surface area contributed by atoms with Crippen LogP contribution in [0.3, 0.4) is 0 Å². The average molecular weight is 359 g/mol. The highest BCUT2D eigenvalue weighted by molar-refractivity contribution is 7.99. The van der Waals surface area contributed by atoms with Crippen LogP contribution < -0.4 is 10.1 Å². The predicted octanol–water partition coefficient (Wildman–Crippen LogP) is 5.17. The Kier molecular flexibility index (Phi) is 5.50. The van der Waals surface area contributed by atoms with Gasteiger partial charge in [-0.25, -0.2) is 0 Å². The van der Waals surface area contributed by atoms with Gasteiger partial charge >= 0.3 is 0 Å². The number of hydrogen-bond donors (Lipinski definition) is 1. The number of carbonyl (C=O) groups is 1. The number of thioether (sulfide) groups is 1. The maximum atomic E-state index is 12.4. The summed E-state index contributed by atoms with van der Waals surface area (Å²) < 4.78 is 30.3. The highest BCUT2D eigenvalue weighted by Crippen LogP contribution is 2.27. The molecule has 25 heavy (non-hydrogen) atoms. The molecule has 0 aliphatic heterocycles. The summed E-state index contributed by atoms with van der Waals surface area (Å²) in [6.07, 6.45) is 0. The van der Waals surface area contributed by atoms with Gasteiger partial charge in [-0.15, -0.1) is 0 Å². The lowest BCUT2D eigenvalue weighted by Gasteiger charge is -2.09. The second-order valence-corrected chi connectivity index (χ2v) is 6.32. The molecule has 0 unspecified atom stereocenters. The molecule has 0 atom stereocenters. The molecule has 128 valence electrons. The van der Waals surface area contributed by atoms with Crippen LogP contribution in [0.25, 0.3) is 10.8 Å². The fourth-order valence-electron chi connectivity index (χ4n) is 2.35. The minimum Gasteiger partial charge on any atom is -0.484 e. The Balaban J connectivity index is 1.58. The van der Waals surface area contributed by atoms with Crippen LogP contribution in [0.1, 0.15) is 0 Å². The lowest BCUT2D eigenvalue weighted by molar-refractivity contribution is -0.118. The third-order valence-corrected chi connectivity index (χ3v) is 4.14. The van der Waals surface area contributed by atoms with Crippen LogP contribution in [0.5, 0.6) is 5.75 Å². The summed E-state index contributed by atoms with van der Waals surface area (Å²) in [7, 11) is 0. The topological polar surface area (TPSA) is 38.3 Å². The van der Waals surface area contributed by atoms with Crippen LogP contribution in [0, 0.1) is 0 Å². The highest BCUT2D eigenvalue weighted by Gasteiger charge is 2.08. The van der Waals surface area contributed by atoms with Crippen LogP contribution in [-0.4, -0.2) is 18.3 Å². The number of anilines is 1. The number of fused-ring (bicyclic) bond motifs is 1. The number of benzene rings is 3. The van der Waals surface area contributed by atoms with Crippen molar-refractivity contribution in [1.29, 1.82) is 0 Å². The molecule has 1 amide bonds. The van der Waals surface area contributed by atoms with Crippen LogP contribution in [0.4, 0.5) is 14.5 Å². The molecule has 0 aliphatic rings. The number of nitrogens with one attached hydrogen (secondary N) is 1. The van der Waals surface area contributed by atoms with E-state index in [-0.39, 0.29) is 12.5 Å². The maximum Gasteiger partial charge on any atom is 0.288 e. The van der Waals surface area contributed by atoms with Gasteiger partial charge in [-0.1, -0.05) is 48.2 Å². The smallest absolute Gasteiger partial charge is 0.288 e. The summed E-state index contributed by atoms with van der Waals surface area (Å²) in [5.74, 6) is -2.26. The van der Waals surface area contributed by atoms with E-state index in [1.165, 1.54) is 6.07 Å². The Morgan fingerprint density at radius 2 is 1.80 bits per heavy atom. The van der Waals surface area contributed by atoms with Gasteiger partial charge in [0.1, 0.15) is 5.75 Å². The molecular weight excluding hydrogens is 344 g/mol. The Morgan fingerprint density at radius 1 is 1.00 bits per heavy atom. The van der Waals surface area contributed by atoms with Crippen LogP contribution in [0.2, 0.25) is 0 Å². The zero-order valence-electron chi connectivity index (χ0n) is 13.1. The molecule has 0 saturated carbocycles. The minimum absolute atomic E-state index is 0.162. The largest absolute Gasteiger partial charge is 0.484 e. The van der Waals surface area contributed by atoms with E-state index in [4.69, 9.17) is 4.74 Å². The first-order chi connectivity index (χ1) is 12.1. The molecule has 0 aliphatic carbocycles. The first kappa shape index (κ1) is 17.2. The summed E-state index contributed by atoms with van der Waals surface area (Å²) >= 11 is 0.435. The van der Waals surface area contributed by atoms with Crippen molar-refractivity contribution < 1.29 is 18.3 Å². The third-order valence-electron chi connectivity index (χ3n) is 3.43. The molecule has 3 aromatic carbocycles. The number of amides is 1. The first-order valence-electron chi connectivity index (χ1n) is 7.56. The monoisotopic (exact) mass is 359 g/mol. The molecular formula is C19H15F2NO2S. The van der Waals surface area contributed by atoms with E-state index in [2.05, 4.69) is 5.32 Å². The van der Waals surface area contributed by atoms with E-state index in [1.54, 1.807) is 24.3 Å². The summed E-state index contributed by atoms with van der Waals surface area (Å²) in [4.78, 5) is 12.4. The van der Waals surface area contributed by atoms with Gasteiger partial charge in [0.15, 0.2) is 6.61 Å². The lowest BCUT2D eigenvalue weighted by atomic mass is 10.1. The molecule has 1 N–H and O–H groups in total. The van der Waals surface area contributed by atoms with Crippen molar-refractivity contribution in [3.8, 4) is 5.75 Å². The number of ether oxygens (including phenoxy) is 1. The summed E-state index contributed by atoms with van der Waals surface area (Å²) in [6, 6.07) is 19.8. The van der Waals surface area contributed by atoms with E-state index in [0.29, 0.717) is 28.1 Å². The third kappa shape index (κ3) is 4.93. The van der Waals surface area contributed by atoms with Gasteiger partial charge in [-0.05, 0) is 41.1 Å². The number of alkyl halides is 2. The van der Waals surface area contributed by atoms with E-state index in [9.17, 15) is 13.6 Å². The second kappa shape index (κ2) is 7.98. The van der Waals surface area contributed by atoms with Gasteiger partial charge in [0, 0.05) is 10.6 Å². The highest BCUT2D eigenvalue weighted by atomic mass is 32.2. The summed E-state index contributed by atoms with van der Waals surface area (Å²) in [5.41, 5.74) is 0.456. The molecule has 0 bridgehead atoms. The molecule has 3 rings (SSSR count). The van der Waals surface area contributed by atoms with Gasteiger partial charge in [0.25, 0.3) is 11.7 Å². The Bertz CT molecular complexity index is 886. The molecule has 0 aromatic heterocycles. The van der Waals surface area contributed by atoms with Crippen molar-refractivity contribution in [2.45, 2.75) is 10.7 Å². The summed E-state index contributed by atoms with van der Waals surface area (Å²) in [5, 5.41) is 4.76. The fraction of sp³-hybridized carbons (Fsp3) is 0.105. The van der Waals surface area contributed by atoms with Crippen LogP contribution in [0.15, 0.2) is 71.6 Å². The van der Waals surface area contributed by atoms with Crippen molar-refractivity contribution >= 4 is 34.1 Å². The zero-order chi connectivity index (χ0) is 17.6. The van der Waals surface area contributed by atoms with Crippen LogP contribution in [-0.2, 0) is 4.79 Å². The summed E-state index contributed by atoms with van der Waals surface area (Å²) in [6.45, 7) is -0.162. The predicted molar refractivity (Wildman–Crippen MR) is 96.4 cm³/mol. The van der Waals surface area contributed by atoms with E-state index < -0.39 is 5.76 Å². The van der Waals surface area contributed by atoms with E-state index in [1.807, 2.05) is 36.4 Å². The molecule has 3 nitrogen and oxygen atoms in total.